The molecule has 0 N–H and O–H groups in total. The maximum atomic E-state index is 5.50. The van der Waals surface area contributed by atoms with Crippen molar-refractivity contribution >= 4 is 21.4 Å². The standard InChI is InChI=1S/C9H20O3SSi/c1-10-14(11-2,12-3)9(13)7-5-4-6-8-9/h13H,4-8H2,1-3H3. The van der Waals surface area contributed by atoms with E-state index in [0.29, 0.717) is 0 Å². The molecule has 1 fully saturated rings. The normalized spacial score (nSPS) is 22.3. The molecular formula is C9H20O3SSi. The lowest BCUT2D eigenvalue weighted by atomic mass is 9.99. The summed E-state index contributed by atoms with van der Waals surface area (Å²) in [6, 6.07) is 0. The molecule has 84 valence electrons. The van der Waals surface area contributed by atoms with E-state index in [1.807, 2.05) is 0 Å². The molecule has 1 aliphatic rings. The second kappa shape index (κ2) is 4.98. The van der Waals surface area contributed by atoms with Crippen LogP contribution in [-0.2, 0) is 13.3 Å². The minimum atomic E-state index is -2.58. The zero-order chi connectivity index (χ0) is 10.7. The summed E-state index contributed by atoms with van der Waals surface area (Å²) in [6.07, 6.45) is 5.71. The molecule has 0 amide bonds. The van der Waals surface area contributed by atoms with Gasteiger partial charge in [-0.2, -0.15) is 12.6 Å². The second-order valence-electron chi connectivity index (χ2n) is 3.76. The average molecular weight is 236 g/mol. The van der Waals surface area contributed by atoms with Gasteiger partial charge in [0, 0.05) is 21.3 Å². The van der Waals surface area contributed by atoms with Gasteiger partial charge in [0.2, 0.25) is 0 Å². The fourth-order valence-electron chi connectivity index (χ4n) is 2.26. The van der Waals surface area contributed by atoms with E-state index >= 15 is 0 Å². The number of rotatable bonds is 4. The molecule has 1 rings (SSSR count). The fraction of sp³-hybridized carbons (Fsp3) is 1.00. The van der Waals surface area contributed by atoms with E-state index in [1.54, 1.807) is 21.3 Å². The van der Waals surface area contributed by atoms with Crippen LogP contribution in [0.5, 0.6) is 0 Å². The highest BCUT2D eigenvalue weighted by atomic mass is 32.1. The zero-order valence-corrected chi connectivity index (χ0v) is 11.1. The molecule has 0 aromatic carbocycles. The van der Waals surface area contributed by atoms with Gasteiger partial charge in [-0.1, -0.05) is 19.3 Å². The minimum Gasteiger partial charge on any atom is -0.376 e. The Morgan fingerprint density at radius 3 is 1.71 bits per heavy atom. The van der Waals surface area contributed by atoms with Crippen LogP contribution >= 0.6 is 12.6 Å². The van der Waals surface area contributed by atoms with Crippen molar-refractivity contribution in [3.63, 3.8) is 0 Å². The van der Waals surface area contributed by atoms with Gasteiger partial charge in [0.25, 0.3) is 0 Å². The summed E-state index contributed by atoms with van der Waals surface area (Å²) < 4.78 is 16.3. The van der Waals surface area contributed by atoms with Crippen LogP contribution in [0.3, 0.4) is 0 Å². The monoisotopic (exact) mass is 236 g/mol. The first-order valence-electron chi connectivity index (χ1n) is 5.02. The Bertz CT molecular complexity index is 171. The summed E-state index contributed by atoms with van der Waals surface area (Å²) in [4.78, 5) is 0. The van der Waals surface area contributed by atoms with Gasteiger partial charge >= 0.3 is 8.80 Å². The van der Waals surface area contributed by atoms with Gasteiger partial charge in [-0.05, 0) is 12.8 Å². The summed E-state index contributed by atoms with van der Waals surface area (Å²) in [5.74, 6) is 0. The lowest BCUT2D eigenvalue weighted by Gasteiger charge is -2.42. The molecule has 3 nitrogen and oxygen atoms in total. The molecule has 0 heterocycles. The molecule has 0 spiro atoms. The Hall–Kier alpha value is 0.447. The van der Waals surface area contributed by atoms with E-state index in [9.17, 15) is 0 Å². The van der Waals surface area contributed by atoms with E-state index in [-0.39, 0.29) is 4.37 Å². The zero-order valence-electron chi connectivity index (χ0n) is 9.21. The van der Waals surface area contributed by atoms with Gasteiger partial charge < -0.3 is 13.3 Å². The summed E-state index contributed by atoms with van der Waals surface area (Å²) in [7, 11) is 2.40. The predicted octanol–water partition coefficient (Wildman–Crippen LogP) is 2.04. The molecular weight excluding hydrogens is 216 g/mol. The minimum absolute atomic E-state index is 0.191. The lowest BCUT2D eigenvalue weighted by Crippen LogP contribution is -2.61. The first-order valence-corrected chi connectivity index (χ1v) is 7.19. The maximum Gasteiger partial charge on any atom is 0.516 e. The van der Waals surface area contributed by atoms with Crippen molar-refractivity contribution in [2.45, 2.75) is 36.5 Å². The Balaban J connectivity index is 2.83. The van der Waals surface area contributed by atoms with Crippen LogP contribution in [0.4, 0.5) is 0 Å². The molecule has 14 heavy (non-hydrogen) atoms. The van der Waals surface area contributed by atoms with Crippen LogP contribution < -0.4 is 0 Å². The highest BCUT2D eigenvalue weighted by Crippen LogP contribution is 2.41. The van der Waals surface area contributed by atoms with Crippen molar-refractivity contribution in [1.82, 2.24) is 0 Å². The summed E-state index contributed by atoms with van der Waals surface area (Å²) >= 11 is 4.76. The number of hydrogen-bond acceptors (Lipinski definition) is 4. The number of hydrogen-bond donors (Lipinski definition) is 1. The largest absolute Gasteiger partial charge is 0.516 e. The van der Waals surface area contributed by atoms with Crippen LogP contribution in [0.2, 0.25) is 0 Å². The van der Waals surface area contributed by atoms with E-state index in [4.69, 9.17) is 25.9 Å². The van der Waals surface area contributed by atoms with Crippen molar-refractivity contribution in [3.05, 3.63) is 0 Å². The van der Waals surface area contributed by atoms with E-state index in [2.05, 4.69) is 0 Å². The Labute approximate surface area is 92.9 Å². The molecule has 0 atom stereocenters. The highest BCUT2D eigenvalue weighted by Gasteiger charge is 2.57. The van der Waals surface area contributed by atoms with E-state index < -0.39 is 8.80 Å². The smallest absolute Gasteiger partial charge is 0.376 e. The molecule has 0 aliphatic heterocycles. The topological polar surface area (TPSA) is 27.7 Å². The Kier molecular flexibility index (Phi) is 4.45. The van der Waals surface area contributed by atoms with Gasteiger partial charge in [-0.25, -0.2) is 0 Å². The highest BCUT2D eigenvalue weighted by molar-refractivity contribution is 7.84. The van der Waals surface area contributed by atoms with Crippen LogP contribution in [0.1, 0.15) is 32.1 Å². The SMILES string of the molecule is CO[Si](OC)(OC)C1(S)CCCCC1. The van der Waals surface area contributed by atoms with Gasteiger partial charge in [0.15, 0.2) is 0 Å². The summed E-state index contributed by atoms with van der Waals surface area (Å²) in [5, 5.41) is 0. The Morgan fingerprint density at radius 2 is 1.36 bits per heavy atom. The van der Waals surface area contributed by atoms with Crippen molar-refractivity contribution in [2.24, 2.45) is 0 Å². The molecule has 5 heteroatoms. The molecule has 0 saturated heterocycles. The van der Waals surface area contributed by atoms with Gasteiger partial charge in [0.05, 0.1) is 4.37 Å². The molecule has 0 radical (unpaired) electrons. The Morgan fingerprint density at radius 1 is 0.929 bits per heavy atom. The summed E-state index contributed by atoms with van der Waals surface area (Å²) in [5.41, 5.74) is 0. The van der Waals surface area contributed by atoms with E-state index in [1.165, 1.54) is 19.3 Å². The van der Waals surface area contributed by atoms with Crippen LogP contribution in [0.15, 0.2) is 0 Å². The van der Waals surface area contributed by atoms with Crippen molar-refractivity contribution in [2.75, 3.05) is 21.3 Å². The van der Waals surface area contributed by atoms with Crippen molar-refractivity contribution in [1.29, 1.82) is 0 Å². The lowest BCUT2D eigenvalue weighted by molar-refractivity contribution is 0.100. The van der Waals surface area contributed by atoms with Gasteiger partial charge in [-0.3, -0.25) is 0 Å². The summed E-state index contributed by atoms with van der Waals surface area (Å²) in [6.45, 7) is 0. The molecule has 0 bridgehead atoms. The van der Waals surface area contributed by atoms with Gasteiger partial charge in [0.1, 0.15) is 0 Å². The third kappa shape index (κ3) is 2.02. The second-order valence-corrected chi connectivity index (χ2v) is 8.33. The van der Waals surface area contributed by atoms with E-state index in [0.717, 1.165) is 12.8 Å². The number of thiol groups is 1. The van der Waals surface area contributed by atoms with Crippen molar-refractivity contribution < 1.29 is 13.3 Å². The molecule has 1 aliphatic carbocycles. The first kappa shape index (κ1) is 12.5. The molecule has 0 unspecified atom stereocenters. The quantitative estimate of drug-likeness (QED) is 0.598. The fourth-order valence-corrected chi connectivity index (χ4v) is 6.01. The van der Waals surface area contributed by atoms with Crippen LogP contribution in [0, 0.1) is 0 Å². The van der Waals surface area contributed by atoms with Crippen LogP contribution in [0.25, 0.3) is 0 Å². The maximum absolute atomic E-state index is 5.50. The predicted molar refractivity (Wildman–Crippen MR) is 61.6 cm³/mol. The third-order valence-electron chi connectivity index (χ3n) is 3.06. The first-order chi connectivity index (χ1) is 6.64. The van der Waals surface area contributed by atoms with Crippen LogP contribution in [-0.4, -0.2) is 34.5 Å². The molecule has 1 saturated carbocycles. The van der Waals surface area contributed by atoms with Crippen molar-refractivity contribution in [3.8, 4) is 0 Å². The molecule has 0 aromatic rings. The van der Waals surface area contributed by atoms with Gasteiger partial charge in [-0.15, -0.1) is 0 Å². The molecule has 0 aromatic heterocycles. The third-order valence-corrected chi connectivity index (χ3v) is 7.58. The average Bonchev–Trinajstić information content (AvgIpc) is 2.22.